The molecule has 9 heavy (non-hydrogen) atoms. The van der Waals surface area contributed by atoms with Crippen LogP contribution in [0.1, 0.15) is 0 Å². The quantitative estimate of drug-likeness (QED) is 0.517. The summed E-state index contributed by atoms with van der Waals surface area (Å²) in [5, 5.41) is 0. The third-order valence-electron chi connectivity index (χ3n) is 0.443. The second-order valence-corrected chi connectivity index (χ2v) is 1.01. The number of hydrogen-bond donors (Lipinski definition) is 0. The molecule has 0 aromatic carbocycles. The number of carbonyl (C=O) groups is 1. The second kappa shape index (κ2) is 6.68. The summed E-state index contributed by atoms with van der Waals surface area (Å²) in [6.45, 7) is 0.375. The largest absolute Gasteiger partial charge is 0.471 e. The number of rotatable bonds is 1. The van der Waals surface area contributed by atoms with E-state index in [-0.39, 0.29) is 0 Å². The third kappa shape index (κ3) is 6.68. The second-order valence-electron chi connectivity index (χ2n) is 1.01. The molecule has 0 fully saturated rings. The number of carbonyl (C=O) groups excluding carboxylic acids is 1. The van der Waals surface area contributed by atoms with Crippen molar-refractivity contribution < 1.29 is 13.9 Å². The minimum atomic E-state index is 0.375. The predicted molar refractivity (Wildman–Crippen MR) is 29.6 cm³/mol. The fourth-order valence-electron chi connectivity index (χ4n) is 0.176. The van der Waals surface area contributed by atoms with Crippen molar-refractivity contribution in [3.05, 3.63) is 18.9 Å². The fourth-order valence-corrected chi connectivity index (χ4v) is 0.176. The van der Waals surface area contributed by atoms with Crippen LogP contribution in [0, 0.1) is 0 Å². The van der Waals surface area contributed by atoms with Gasteiger partial charge in [-0.25, -0.2) is 4.98 Å². The topological polar surface area (TPSA) is 52.3 Å². The van der Waals surface area contributed by atoms with E-state index < -0.39 is 0 Å². The Morgan fingerprint density at radius 1 is 1.78 bits per heavy atom. The monoisotopic (exact) mass is 129 g/mol. The summed E-state index contributed by atoms with van der Waals surface area (Å²) in [6.07, 6.45) is 4.47. The van der Waals surface area contributed by atoms with Gasteiger partial charge < -0.3 is 9.15 Å². The van der Waals surface area contributed by atoms with Crippen LogP contribution in [-0.2, 0) is 9.53 Å². The van der Waals surface area contributed by atoms with Crippen molar-refractivity contribution in [1.29, 1.82) is 0 Å². The smallest absolute Gasteiger partial charge is 0.292 e. The third-order valence-corrected chi connectivity index (χ3v) is 0.443. The molecule has 1 rings (SSSR count). The number of hydrogen-bond acceptors (Lipinski definition) is 4. The summed E-state index contributed by atoms with van der Waals surface area (Å²) in [5.74, 6) is 0. The molecule has 1 heterocycles. The Kier molecular flexibility index (Phi) is 5.70. The Labute approximate surface area is 52.5 Å². The molecule has 0 N–H and O–H groups in total. The van der Waals surface area contributed by atoms with Gasteiger partial charge in [0.05, 0.1) is 13.3 Å². The SMILES string of the molecule is COC=O.c1cocn1. The molecule has 1 aromatic heterocycles. The fraction of sp³-hybridized carbons (Fsp3) is 0.200. The highest BCUT2D eigenvalue weighted by atomic mass is 16.5. The normalized spacial score (nSPS) is 6.78. The van der Waals surface area contributed by atoms with Crippen LogP contribution in [0.5, 0.6) is 0 Å². The van der Waals surface area contributed by atoms with Crippen molar-refractivity contribution in [3.63, 3.8) is 0 Å². The van der Waals surface area contributed by atoms with Crippen LogP contribution in [0.4, 0.5) is 0 Å². The van der Waals surface area contributed by atoms with E-state index in [1.165, 1.54) is 19.8 Å². The van der Waals surface area contributed by atoms with Crippen molar-refractivity contribution in [2.75, 3.05) is 7.11 Å². The first-order valence-corrected chi connectivity index (χ1v) is 2.20. The lowest BCUT2D eigenvalue weighted by atomic mass is 11.0. The van der Waals surface area contributed by atoms with Crippen LogP contribution in [-0.4, -0.2) is 18.6 Å². The van der Waals surface area contributed by atoms with Gasteiger partial charge in [-0.1, -0.05) is 0 Å². The minimum Gasteiger partial charge on any atom is -0.471 e. The van der Waals surface area contributed by atoms with Crippen LogP contribution in [0.3, 0.4) is 0 Å². The van der Waals surface area contributed by atoms with E-state index in [4.69, 9.17) is 4.79 Å². The van der Waals surface area contributed by atoms with Crippen molar-refractivity contribution in [3.8, 4) is 0 Å². The molecule has 0 bridgehead atoms. The van der Waals surface area contributed by atoms with Crippen LogP contribution in [0.15, 0.2) is 23.3 Å². The zero-order valence-electron chi connectivity index (χ0n) is 4.98. The summed E-state index contributed by atoms with van der Waals surface area (Å²) in [5.41, 5.74) is 0. The van der Waals surface area contributed by atoms with Crippen molar-refractivity contribution in [2.45, 2.75) is 0 Å². The molecule has 0 aliphatic rings. The molecule has 0 saturated heterocycles. The van der Waals surface area contributed by atoms with Gasteiger partial charge in [-0.05, 0) is 0 Å². The van der Waals surface area contributed by atoms with E-state index in [1.807, 2.05) is 0 Å². The van der Waals surface area contributed by atoms with Gasteiger partial charge in [-0.3, -0.25) is 4.79 Å². The Morgan fingerprint density at radius 3 is 2.56 bits per heavy atom. The molecular formula is C5H7NO3. The molecule has 50 valence electrons. The zero-order chi connectivity index (χ0) is 6.95. The summed E-state index contributed by atoms with van der Waals surface area (Å²) in [6, 6.07) is 0. The Bertz CT molecular complexity index is 110. The molecule has 0 aliphatic carbocycles. The molecule has 0 amide bonds. The average molecular weight is 129 g/mol. The van der Waals surface area contributed by atoms with Gasteiger partial charge in [0.2, 0.25) is 0 Å². The Morgan fingerprint density at radius 2 is 2.44 bits per heavy atom. The molecule has 4 nitrogen and oxygen atoms in total. The molecule has 1 aromatic rings. The first-order chi connectivity index (χ1) is 4.41. The number of oxazole rings is 1. The summed E-state index contributed by atoms with van der Waals surface area (Å²) >= 11 is 0. The van der Waals surface area contributed by atoms with Crippen LogP contribution in [0.2, 0.25) is 0 Å². The maximum absolute atomic E-state index is 8.95. The van der Waals surface area contributed by atoms with Gasteiger partial charge in [0.1, 0.15) is 6.26 Å². The van der Waals surface area contributed by atoms with Crippen LogP contribution < -0.4 is 0 Å². The minimum absolute atomic E-state index is 0.375. The molecule has 0 aliphatic heterocycles. The van der Waals surface area contributed by atoms with E-state index in [0.717, 1.165) is 0 Å². The lowest BCUT2D eigenvalue weighted by molar-refractivity contribution is -0.126. The van der Waals surface area contributed by atoms with Gasteiger partial charge in [0, 0.05) is 0 Å². The van der Waals surface area contributed by atoms with E-state index in [9.17, 15) is 0 Å². The number of methoxy groups -OCH3 is 1. The Hall–Kier alpha value is -1.32. The highest BCUT2D eigenvalue weighted by Gasteiger charge is 1.59. The lowest BCUT2D eigenvalue weighted by Gasteiger charge is -1.67. The van der Waals surface area contributed by atoms with Crippen molar-refractivity contribution in [1.82, 2.24) is 4.98 Å². The van der Waals surface area contributed by atoms with Gasteiger partial charge in [-0.15, -0.1) is 0 Å². The molecule has 0 spiro atoms. The number of ether oxygens (including phenoxy) is 1. The van der Waals surface area contributed by atoms with E-state index in [0.29, 0.717) is 6.47 Å². The number of aromatic nitrogens is 1. The first kappa shape index (κ1) is 7.68. The molecule has 0 radical (unpaired) electrons. The van der Waals surface area contributed by atoms with E-state index in [2.05, 4.69) is 14.1 Å². The van der Waals surface area contributed by atoms with Gasteiger partial charge >= 0.3 is 0 Å². The number of nitrogens with zero attached hydrogens (tertiary/aromatic N) is 1. The van der Waals surface area contributed by atoms with Gasteiger partial charge in [0.15, 0.2) is 6.39 Å². The predicted octanol–water partition coefficient (Wildman–Crippen LogP) is 0.464. The van der Waals surface area contributed by atoms with Crippen LogP contribution in [0.25, 0.3) is 0 Å². The lowest BCUT2D eigenvalue weighted by Crippen LogP contribution is -1.68. The summed E-state index contributed by atoms with van der Waals surface area (Å²) < 4.78 is 8.33. The molecule has 0 unspecified atom stereocenters. The molecule has 4 heteroatoms. The zero-order valence-corrected chi connectivity index (χ0v) is 4.98. The highest BCUT2D eigenvalue weighted by Crippen LogP contribution is 1.72. The van der Waals surface area contributed by atoms with Crippen molar-refractivity contribution in [2.24, 2.45) is 0 Å². The molecule has 0 atom stereocenters. The summed E-state index contributed by atoms with van der Waals surface area (Å²) in [7, 11) is 1.31. The van der Waals surface area contributed by atoms with Gasteiger partial charge in [0.25, 0.3) is 6.47 Å². The molecule has 0 saturated carbocycles. The van der Waals surface area contributed by atoms with Crippen LogP contribution >= 0.6 is 0 Å². The first-order valence-electron chi connectivity index (χ1n) is 2.20. The Balaban J connectivity index is 0.000000148. The average Bonchev–Trinajstić information content (AvgIpc) is 2.43. The van der Waals surface area contributed by atoms with E-state index >= 15 is 0 Å². The molecular weight excluding hydrogens is 122 g/mol. The highest BCUT2D eigenvalue weighted by molar-refractivity contribution is 5.36. The van der Waals surface area contributed by atoms with Crippen molar-refractivity contribution >= 4 is 6.47 Å². The van der Waals surface area contributed by atoms with E-state index in [1.54, 1.807) is 6.20 Å². The standard InChI is InChI=1S/C3H3NO.C2H4O2/c1-2-5-3-4-1;1-4-2-3/h1-3H;2H,1H3. The summed E-state index contributed by atoms with van der Waals surface area (Å²) in [4.78, 5) is 12.5. The maximum Gasteiger partial charge on any atom is 0.292 e. The van der Waals surface area contributed by atoms with Gasteiger partial charge in [-0.2, -0.15) is 0 Å². The maximum atomic E-state index is 8.95.